The highest BCUT2D eigenvalue weighted by atomic mass is 32.1. The molecule has 0 saturated carbocycles. The third-order valence-corrected chi connectivity index (χ3v) is 4.12. The van der Waals surface area contributed by atoms with E-state index in [2.05, 4.69) is 33.3 Å². The summed E-state index contributed by atoms with van der Waals surface area (Å²) in [6.45, 7) is 3.00. The minimum atomic E-state index is 0.321. The lowest BCUT2D eigenvalue weighted by atomic mass is 10.2. The maximum Gasteiger partial charge on any atom is 0.137 e. The quantitative estimate of drug-likeness (QED) is 0.749. The smallest absolute Gasteiger partial charge is 0.137 e. The zero-order chi connectivity index (χ0) is 13.1. The molecule has 1 unspecified atom stereocenters. The molecule has 3 heterocycles. The van der Waals surface area contributed by atoms with E-state index in [1.807, 2.05) is 23.8 Å². The normalized spacial score (nSPS) is 12.9. The van der Waals surface area contributed by atoms with Crippen LogP contribution in [0.1, 0.15) is 30.0 Å². The average molecular weight is 272 g/mol. The van der Waals surface area contributed by atoms with E-state index < -0.39 is 0 Å². The molecule has 4 nitrogen and oxygen atoms in total. The maximum absolute atomic E-state index is 4.39. The number of hydrogen-bond acceptors (Lipinski definition) is 4. The van der Waals surface area contributed by atoms with Gasteiger partial charge in [-0.05, 0) is 24.1 Å². The summed E-state index contributed by atoms with van der Waals surface area (Å²) < 4.78 is 0. The monoisotopic (exact) mass is 272 g/mol. The number of fused-ring (bicyclic) bond motifs is 1. The molecule has 0 aromatic carbocycles. The molecule has 3 rings (SSSR count). The zero-order valence-corrected chi connectivity index (χ0v) is 11.6. The third-order valence-electron chi connectivity index (χ3n) is 3.23. The van der Waals surface area contributed by atoms with E-state index >= 15 is 0 Å². The van der Waals surface area contributed by atoms with Crippen molar-refractivity contribution in [2.75, 3.05) is 0 Å². The van der Waals surface area contributed by atoms with Crippen molar-refractivity contribution in [3.8, 4) is 0 Å². The summed E-state index contributed by atoms with van der Waals surface area (Å²) in [7, 11) is 0. The summed E-state index contributed by atoms with van der Waals surface area (Å²) in [6, 6.07) is 4.39. The van der Waals surface area contributed by atoms with E-state index in [1.54, 1.807) is 17.5 Å². The van der Waals surface area contributed by atoms with Gasteiger partial charge in [0.15, 0.2) is 0 Å². The van der Waals surface area contributed by atoms with Gasteiger partial charge >= 0.3 is 0 Å². The van der Waals surface area contributed by atoms with Crippen LogP contribution < -0.4 is 5.32 Å². The SMILES string of the molecule is CCC(NCc1c[nH]c2ncccc12)c1nccs1. The third kappa shape index (κ3) is 2.52. The number of rotatable bonds is 5. The van der Waals surface area contributed by atoms with Crippen LogP contribution in [-0.4, -0.2) is 15.0 Å². The highest BCUT2D eigenvalue weighted by Crippen LogP contribution is 2.21. The van der Waals surface area contributed by atoms with E-state index in [0.717, 1.165) is 23.6 Å². The van der Waals surface area contributed by atoms with Crippen LogP contribution in [0, 0.1) is 0 Å². The fourth-order valence-corrected chi connectivity index (χ4v) is 3.00. The molecule has 0 bridgehead atoms. The van der Waals surface area contributed by atoms with Crippen molar-refractivity contribution < 1.29 is 0 Å². The predicted octanol–water partition coefficient (Wildman–Crippen LogP) is 3.26. The Morgan fingerprint density at radius 3 is 3.11 bits per heavy atom. The summed E-state index contributed by atoms with van der Waals surface area (Å²) >= 11 is 1.70. The molecule has 1 atom stereocenters. The van der Waals surface area contributed by atoms with Gasteiger partial charge in [0, 0.05) is 35.9 Å². The molecule has 0 spiro atoms. The van der Waals surface area contributed by atoms with Gasteiger partial charge < -0.3 is 10.3 Å². The van der Waals surface area contributed by atoms with Crippen molar-refractivity contribution in [3.63, 3.8) is 0 Å². The Kier molecular flexibility index (Phi) is 3.57. The van der Waals surface area contributed by atoms with Crippen LogP contribution in [0.3, 0.4) is 0 Å². The van der Waals surface area contributed by atoms with Crippen molar-refractivity contribution in [3.05, 3.63) is 46.7 Å². The first-order valence-electron chi connectivity index (χ1n) is 6.42. The molecule has 0 aliphatic heterocycles. The van der Waals surface area contributed by atoms with Gasteiger partial charge in [0.05, 0.1) is 6.04 Å². The van der Waals surface area contributed by atoms with Crippen molar-refractivity contribution in [2.45, 2.75) is 25.9 Å². The number of aromatic amines is 1. The molecule has 3 aromatic rings. The summed E-state index contributed by atoms with van der Waals surface area (Å²) in [6.07, 6.45) is 6.73. The standard InChI is InChI=1S/C14H16N4S/c1-2-12(14-16-6-7-19-14)17-8-10-9-18-13-11(10)4-3-5-15-13/h3-7,9,12,17H,2,8H2,1H3,(H,15,18). The van der Waals surface area contributed by atoms with Gasteiger partial charge in [-0.3, -0.25) is 0 Å². The van der Waals surface area contributed by atoms with Crippen LogP contribution in [0.4, 0.5) is 0 Å². The molecular weight excluding hydrogens is 256 g/mol. The first-order valence-corrected chi connectivity index (χ1v) is 7.30. The Morgan fingerprint density at radius 2 is 2.32 bits per heavy atom. The van der Waals surface area contributed by atoms with Crippen LogP contribution >= 0.6 is 11.3 Å². The summed E-state index contributed by atoms with van der Waals surface area (Å²) in [5, 5.41) is 7.93. The van der Waals surface area contributed by atoms with Crippen molar-refractivity contribution in [1.82, 2.24) is 20.3 Å². The lowest BCUT2D eigenvalue weighted by Crippen LogP contribution is -2.19. The molecule has 0 fully saturated rings. The van der Waals surface area contributed by atoms with Gasteiger partial charge in [-0.2, -0.15) is 0 Å². The molecule has 19 heavy (non-hydrogen) atoms. The van der Waals surface area contributed by atoms with Crippen molar-refractivity contribution >= 4 is 22.4 Å². The fourth-order valence-electron chi connectivity index (χ4n) is 2.20. The van der Waals surface area contributed by atoms with Gasteiger partial charge in [-0.15, -0.1) is 11.3 Å². The molecule has 5 heteroatoms. The highest BCUT2D eigenvalue weighted by molar-refractivity contribution is 7.09. The minimum absolute atomic E-state index is 0.321. The van der Waals surface area contributed by atoms with Gasteiger partial charge in [-0.25, -0.2) is 9.97 Å². The van der Waals surface area contributed by atoms with Crippen LogP contribution in [-0.2, 0) is 6.54 Å². The van der Waals surface area contributed by atoms with Gasteiger partial charge in [0.2, 0.25) is 0 Å². The highest BCUT2D eigenvalue weighted by Gasteiger charge is 2.12. The number of nitrogens with one attached hydrogen (secondary N) is 2. The minimum Gasteiger partial charge on any atom is -0.346 e. The van der Waals surface area contributed by atoms with Crippen molar-refractivity contribution in [1.29, 1.82) is 0 Å². The molecule has 0 aliphatic rings. The van der Waals surface area contributed by atoms with E-state index in [4.69, 9.17) is 0 Å². The Bertz CT molecular complexity index is 644. The van der Waals surface area contributed by atoms with Crippen LogP contribution in [0.15, 0.2) is 36.1 Å². The number of hydrogen-bond donors (Lipinski definition) is 2. The first kappa shape index (κ1) is 12.3. The van der Waals surface area contributed by atoms with Gasteiger partial charge in [-0.1, -0.05) is 6.92 Å². The van der Waals surface area contributed by atoms with Crippen LogP contribution in [0.25, 0.3) is 11.0 Å². The molecule has 2 N–H and O–H groups in total. The Labute approximate surface area is 115 Å². The number of thiazole rings is 1. The summed E-state index contributed by atoms with van der Waals surface area (Å²) in [5.74, 6) is 0. The summed E-state index contributed by atoms with van der Waals surface area (Å²) in [4.78, 5) is 11.9. The number of aromatic nitrogens is 3. The Balaban J connectivity index is 1.75. The Hall–Kier alpha value is -1.72. The lowest BCUT2D eigenvalue weighted by Gasteiger charge is -2.13. The van der Waals surface area contributed by atoms with Crippen LogP contribution in [0.5, 0.6) is 0 Å². The van der Waals surface area contributed by atoms with Crippen LogP contribution in [0.2, 0.25) is 0 Å². The number of pyridine rings is 1. The predicted molar refractivity (Wildman–Crippen MR) is 78.1 cm³/mol. The second-order valence-electron chi connectivity index (χ2n) is 4.43. The second-order valence-corrected chi connectivity index (χ2v) is 5.35. The number of H-pyrrole nitrogens is 1. The number of nitrogens with zero attached hydrogens (tertiary/aromatic N) is 2. The van der Waals surface area contributed by atoms with Gasteiger partial charge in [0.1, 0.15) is 10.7 Å². The van der Waals surface area contributed by atoms with E-state index in [-0.39, 0.29) is 0 Å². The fraction of sp³-hybridized carbons (Fsp3) is 0.286. The molecule has 0 saturated heterocycles. The average Bonchev–Trinajstić information content (AvgIpc) is 3.09. The lowest BCUT2D eigenvalue weighted by molar-refractivity contribution is 0.518. The Morgan fingerprint density at radius 1 is 1.37 bits per heavy atom. The van der Waals surface area contributed by atoms with E-state index in [9.17, 15) is 0 Å². The van der Waals surface area contributed by atoms with E-state index in [1.165, 1.54) is 10.9 Å². The maximum atomic E-state index is 4.39. The zero-order valence-electron chi connectivity index (χ0n) is 10.8. The topological polar surface area (TPSA) is 53.6 Å². The largest absolute Gasteiger partial charge is 0.346 e. The molecule has 0 radical (unpaired) electrons. The molecule has 98 valence electrons. The van der Waals surface area contributed by atoms with Crippen molar-refractivity contribution in [2.24, 2.45) is 0 Å². The molecule has 3 aromatic heterocycles. The summed E-state index contributed by atoms with van der Waals surface area (Å²) in [5.41, 5.74) is 2.19. The van der Waals surface area contributed by atoms with E-state index in [0.29, 0.717) is 6.04 Å². The second kappa shape index (κ2) is 5.50. The molecule has 0 aliphatic carbocycles. The molecule has 0 amide bonds. The molecular formula is C14H16N4S. The first-order chi connectivity index (χ1) is 9.38. The van der Waals surface area contributed by atoms with Gasteiger partial charge in [0.25, 0.3) is 0 Å².